The molecule has 2 aliphatic heterocycles. The van der Waals surface area contributed by atoms with Crippen molar-refractivity contribution in [1.29, 1.82) is 0 Å². The van der Waals surface area contributed by atoms with Crippen molar-refractivity contribution in [3.63, 3.8) is 0 Å². The van der Waals surface area contributed by atoms with Crippen molar-refractivity contribution < 1.29 is 14.6 Å². The molecule has 9 nitrogen and oxygen atoms in total. The molecule has 0 aliphatic carbocycles. The quantitative estimate of drug-likeness (QED) is 0.649. The zero-order chi connectivity index (χ0) is 18.8. The molecule has 1 aromatic rings. The van der Waals surface area contributed by atoms with Crippen LogP contribution in [-0.2, 0) is 4.79 Å². The average Bonchev–Trinajstić information content (AvgIpc) is 2.90. The summed E-state index contributed by atoms with van der Waals surface area (Å²) in [6, 6.07) is 3.85. The monoisotopic (exact) mass is 356 g/mol. The van der Waals surface area contributed by atoms with E-state index in [4.69, 9.17) is 0 Å². The lowest BCUT2D eigenvalue weighted by atomic mass is 10.0. The van der Waals surface area contributed by atoms with Crippen LogP contribution in [0.4, 0.5) is 5.69 Å². The lowest BCUT2D eigenvalue weighted by Gasteiger charge is -2.28. The summed E-state index contributed by atoms with van der Waals surface area (Å²) in [4.78, 5) is 34.3. The van der Waals surface area contributed by atoms with Crippen LogP contribution in [0.5, 0.6) is 0 Å². The van der Waals surface area contributed by atoms with Crippen LogP contribution >= 0.6 is 0 Å². The van der Waals surface area contributed by atoms with E-state index in [-0.39, 0.29) is 11.7 Å². The number of hydrogen-bond donors (Lipinski definition) is 1. The van der Waals surface area contributed by atoms with Gasteiger partial charge in [0.25, 0.3) is 11.6 Å². The summed E-state index contributed by atoms with van der Waals surface area (Å²) in [6.45, 7) is 1.73. The number of hydrogen-bond acceptors (Lipinski definition) is 6. The van der Waals surface area contributed by atoms with Gasteiger partial charge in [-0.25, -0.2) is 0 Å². The first-order valence-electron chi connectivity index (χ1n) is 7.90. The number of nitrogens with one attached hydrogen (secondary N) is 1. The highest BCUT2D eigenvalue weighted by atomic mass is 16.6. The molecule has 1 fully saturated rings. The standard InChI is InChI=1S/C17H16N4O5/c1-11-15(16(21(25)26)17(22)18-11)19-8-6-13(7-9-19)10-12-2-4-14(5-3-12)20(23)24/h2-11,15-16H,1H3,(H,18,22). The summed E-state index contributed by atoms with van der Waals surface area (Å²) in [5, 5.41) is 24.5. The van der Waals surface area contributed by atoms with Gasteiger partial charge in [0.1, 0.15) is 6.04 Å². The second-order valence-electron chi connectivity index (χ2n) is 6.09. The van der Waals surface area contributed by atoms with Crippen molar-refractivity contribution in [2.24, 2.45) is 0 Å². The minimum Gasteiger partial charge on any atom is -0.345 e. The third kappa shape index (κ3) is 3.32. The van der Waals surface area contributed by atoms with E-state index >= 15 is 0 Å². The number of benzene rings is 1. The maximum absolute atomic E-state index is 11.8. The average molecular weight is 356 g/mol. The van der Waals surface area contributed by atoms with Crippen molar-refractivity contribution in [3.05, 3.63) is 80.2 Å². The van der Waals surface area contributed by atoms with E-state index < -0.39 is 27.8 Å². The number of rotatable bonds is 4. The summed E-state index contributed by atoms with van der Waals surface area (Å²) >= 11 is 0. The number of non-ortho nitro benzene ring substituents is 1. The van der Waals surface area contributed by atoms with Crippen molar-refractivity contribution in [1.82, 2.24) is 10.2 Å². The van der Waals surface area contributed by atoms with Gasteiger partial charge in [-0.2, -0.15) is 0 Å². The molecule has 1 aromatic carbocycles. The van der Waals surface area contributed by atoms with E-state index in [0.717, 1.165) is 11.1 Å². The highest BCUT2D eigenvalue weighted by Gasteiger charge is 2.50. The molecule has 1 saturated heterocycles. The van der Waals surface area contributed by atoms with E-state index in [1.54, 1.807) is 48.5 Å². The molecule has 0 bridgehead atoms. The van der Waals surface area contributed by atoms with Crippen LogP contribution in [0.2, 0.25) is 0 Å². The van der Waals surface area contributed by atoms with Crippen molar-refractivity contribution in [2.45, 2.75) is 25.0 Å². The molecule has 134 valence electrons. The Bertz CT molecular complexity index is 827. The summed E-state index contributed by atoms with van der Waals surface area (Å²) in [6.07, 6.45) is 8.76. The van der Waals surface area contributed by atoms with E-state index in [9.17, 15) is 25.0 Å². The van der Waals surface area contributed by atoms with Crippen LogP contribution in [0.3, 0.4) is 0 Å². The second kappa shape index (κ2) is 6.79. The van der Waals surface area contributed by atoms with E-state index in [2.05, 4.69) is 5.32 Å². The molecule has 2 aliphatic rings. The summed E-state index contributed by atoms with van der Waals surface area (Å²) in [5.41, 5.74) is 1.64. The van der Waals surface area contributed by atoms with E-state index in [1.165, 1.54) is 12.1 Å². The Kier molecular flexibility index (Phi) is 4.53. The van der Waals surface area contributed by atoms with Gasteiger partial charge in [0, 0.05) is 29.5 Å². The van der Waals surface area contributed by atoms with Crippen LogP contribution in [0.15, 0.2) is 54.4 Å². The number of nitro groups is 2. The van der Waals surface area contributed by atoms with Gasteiger partial charge in [-0.1, -0.05) is 0 Å². The Morgan fingerprint density at radius 2 is 1.73 bits per heavy atom. The highest BCUT2D eigenvalue weighted by Crippen LogP contribution is 2.24. The third-order valence-electron chi connectivity index (χ3n) is 4.36. The molecule has 26 heavy (non-hydrogen) atoms. The number of allylic oxidation sites excluding steroid dienone is 3. The predicted molar refractivity (Wildman–Crippen MR) is 93.4 cm³/mol. The van der Waals surface area contributed by atoms with Crippen LogP contribution in [0, 0.1) is 20.2 Å². The first-order valence-corrected chi connectivity index (χ1v) is 7.90. The minimum absolute atomic E-state index is 0.0197. The molecule has 0 saturated carbocycles. The van der Waals surface area contributed by atoms with Gasteiger partial charge in [-0.3, -0.25) is 25.0 Å². The fraction of sp³-hybridized carbons (Fsp3) is 0.235. The maximum Gasteiger partial charge on any atom is 0.311 e. The summed E-state index contributed by atoms with van der Waals surface area (Å²) in [5.74, 6) is -0.582. The number of nitrogens with zero attached hydrogens (tertiary/aromatic N) is 3. The molecule has 3 rings (SSSR count). The van der Waals surface area contributed by atoms with Gasteiger partial charge < -0.3 is 10.2 Å². The molecular formula is C17H16N4O5. The summed E-state index contributed by atoms with van der Waals surface area (Å²) < 4.78 is 0. The van der Waals surface area contributed by atoms with Crippen LogP contribution in [0.1, 0.15) is 12.5 Å². The van der Waals surface area contributed by atoms with Gasteiger partial charge >= 0.3 is 6.04 Å². The SMILES string of the molecule is CC1NC(=O)C([N+](=O)[O-])C1N1C=CC(=Cc2ccc([N+](=O)[O-])cc2)C=C1. The maximum atomic E-state index is 11.8. The Hall–Kier alpha value is -3.49. The second-order valence-corrected chi connectivity index (χ2v) is 6.09. The molecule has 3 unspecified atom stereocenters. The fourth-order valence-electron chi connectivity index (χ4n) is 3.09. The highest BCUT2D eigenvalue weighted by molar-refractivity contribution is 5.84. The molecular weight excluding hydrogens is 340 g/mol. The van der Waals surface area contributed by atoms with Crippen LogP contribution < -0.4 is 5.32 Å². The van der Waals surface area contributed by atoms with E-state index in [1.807, 2.05) is 6.08 Å². The topological polar surface area (TPSA) is 119 Å². The number of carbonyl (C=O) groups is 1. The lowest BCUT2D eigenvalue weighted by Crippen LogP contribution is -2.46. The largest absolute Gasteiger partial charge is 0.345 e. The van der Waals surface area contributed by atoms with Crippen LogP contribution in [0.25, 0.3) is 6.08 Å². The molecule has 1 N–H and O–H groups in total. The Morgan fingerprint density at radius 3 is 2.27 bits per heavy atom. The Balaban J connectivity index is 1.76. The first-order chi connectivity index (χ1) is 12.4. The van der Waals surface area contributed by atoms with Crippen molar-refractivity contribution in [3.8, 4) is 0 Å². The van der Waals surface area contributed by atoms with Crippen LogP contribution in [-0.4, -0.2) is 38.8 Å². The molecule has 9 heteroatoms. The smallest absolute Gasteiger partial charge is 0.311 e. The Labute approximate surface area is 148 Å². The minimum atomic E-state index is -1.32. The molecule has 2 heterocycles. The molecule has 3 atom stereocenters. The zero-order valence-electron chi connectivity index (χ0n) is 13.8. The number of carbonyl (C=O) groups excluding carboxylic acids is 1. The van der Waals surface area contributed by atoms with Gasteiger partial charge in [0.2, 0.25) is 0 Å². The van der Waals surface area contributed by atoms with Gasteiger partial charge in [-0.15, -0.1) is 0 Å². The van der Waals surface area contributed by atoms with Gasteiger partial charge in [0.05, 0.1) is 11.0 Å². The molecule has 0 radical (unpaired) electrons. The Morgan fingerprint density at radius 1 is 1.12 bits per heavy atom. The van der Waals surface area contributed by atoms with E-state index in [0.29, 0.717) is 0 Å². The molecule has 1 amide bonds. The molecule has 0 aromatic heterocycles. The van der Waals surface area contributed by atoms with Crippen molar-refractivity contribution in [2.75, 3.05) is 0 Å². The predicted octanol–water partition coefficient (Wildman–Crippen LogP) is 1.85. The fourth-order valence-corrected chi connectivity index (χ4v) is 3.09. The third-order valence-corrected chi connectivity index (χ3v) is 4.36. The van der Waals surface area contributed by atoms with Gasteiger partial charge in [0.15, 0.2) is 0 Å². The van der Waals surface area contributed by atoms with Crippen molar-refractivity contribution >= 4 is 17.7 Å². The zero-order valence-corrected chi connectivity index (χ0v) is 13.8. The number of nitro benzene ring substituents is 1. The van der Waals surface area contributed by atoms with Gasteiger partial charge in [-0.05, 0) is 48.4 Å². The molecule has 0 spiro atoms. The lowest BCUT2D eigenvalue weighted by molar-refractivity contribution is -0.511. The summed E-state index contributed by atoms with van der Waals surface area (Å²) in [7, 11) is 0. The first kappa shape index (κ1) is 17.3. The number of amides is 1. The normalized spacial score (nSPS) is 24.5.